The van der Waals surface area contributed by atoms with E-state index >= 15 is 0 Å². The van der Waals surface area contributed by atoms with Crippen molar-refractivity contribution in [2.45, 2.75) is 31.8 Å². The standard InChI is InChI=1S/C16H19FN8/c1-9(4-17)21-16-22-15-14(24-7-10-2-12(24)3-10)13(11-5-19-20-6-11)18-8-25(15)23-16/h5-6,8-10,12H,2-4,7H2,1H3,(H,19,20)(H,21,23)/t9-,10?,12?/m1/s1. The Bertz CT molecular complexity index is 898. The SMILES string of the molecule is C[C@H](CF)Nc1nc2c(N3CC4CC3C4)c(-c3cn[nH]c3)ncn2n1. The number of aromatic nitrogens is 6. The highest BCUT2D eigenvalue weighted by molar-refractivity contribution is 5.85. The quantitative estimate of drug-likeness (QED) is 0.736. The van der Waals surface area contributed by atoms with Crippen LogP contribution in [0.5, 0.6) is 0 Å². The van der Waals surface area contributed by atoms with E-state index in [1.165, 1.54) is 12.8 Å². The van der Waals surface area contributed by atoms with Crippen LogP contribution in [0.4, 0.5) is 16.0 Å². The third-order valence-corrected chi connectivity index (χ3v) is 5.14. The molecule has 0 radical (unpaired) electrons. The van der Waals surface area contributed by atoms with E-state index in [4.69, 9.17) is 0 Å². The molecule has 5 heterocycles. The molecule has 1 atom stereocenters. The van der Waals surface area contributed by atoms with Crippen LogP contribution >= 0.6 is 0 Å². The number of anilines is 2. The van der Waals surface area contributed by atoms with Crippen molar-refractivity contribution in [2.24, 2.45) is 5.92 Å². The lowest BCUT2D eigenvalue weighted by atomic mass is 9.86. The van der Waals surface area contributed by atoms with Crippen LogP contribution in [0.3, 0.4) is 0 Å². The highest BCUT2D eigenvalue weighted by Crippen LogP contribution is 2.46. The van der Waals surface area contributed by atoms with Crippen molar-refractivity contribution in [3.63, 3.8) is 0 Å². The summed E-state index contributed by atoms with van der Waals surface area (Å²) in [5.41, 5.74) is 3.51. The number of hydrogen-bond donors (Lipinski definition) is 2. The molecule has 2 N–H and O–H groups in total. The highest BCUT2D eigenvalue weighted by Gasteiger charge is 2.44. The molecule has 0 spiro atoms. The molecule has 2 saturated heterocycles. The maximum Gasteiger partial charge on any atom is 0.243 e. The van der Waals surface area contributed by atoms with Gasteiger partial charge in [-0.05, 0) is 25.7 Å². The van der Waals surface area contributed by atoms with Crippen molar-refractivity contribution < 1.29 is 4.39 Å². The molecule has 1 aliphatic carbocycles. The molecule has 6 rings (SSSR count). The predicted molar refractivity (Wildman–Crippen MR) is 91.3 cm³/mol. The van der Waals surface area contributed by atoms with E-state index in [-0.39, 0.29) is 6.04 Å². The smallest absolute Gasteiger partial charge is 0.243 e. The van der Waals surface area contributed by atoms with Gasteiger partial charge < -0.3 is 10.2 Å². The number of rotatable bonds is 5. The molecule has 0 amide bonds. The molecule has 1 saturated carbocycles. The molecule has 0 aromatic carbocycles. The second-order valence-corrected chi connectivity index (χ2v) is 6.98. The van der Waals surface area contributed by atoms with Crippen LogP contribution < -0.4 is 10.2 Å². The molecule has 2 aliphatic heterocycles. The zero-order valence-electron chi connectivity index (χ0n) is 13.9. The Morgan fingerprint density at radius 2 is 2.32 bits per heavy atom. The fourth-order valence-electron chi connectivity index (χ4n) is 3.83. The summed E-state index contributed by atoms with van der Waals surface area (Å²) in [5.74, 6) is 1.18. The minimum absolute atomic E-state index is 0.332. The van der Waals surface area contributed by atoms with Gasteiger partial charge >= 0.3 is 0 Å². The van der Waals surface area contributed by atoms with Crippen molar-refractivity contribution in [3.8, 4) is 11.3 Å². The van der Waals surface area contributed by atoms with Crippen molar-refractivity contribution in [2.75, 3.05) is 23.4 Å². The van der Waals surface area contributed by atoms with Gasteiger partial charge in [-0.2, -0.15) is 14.6 Å². The maximum atomic E-state index is 12.8. The summed E-state index contributed by atoms with van der Waals surface area (Å²) >= 11 is 0. The van der Waals surface area contributed by atoms with E-state index in [2.05, 4.69) is 35.5 Å². The Morgan fingerprint density at radius 3 is 3.00 bits per heavy atom. The van der Waals surface area contributed by atoms with E-state index in [0.29, 0.717) is 12.0 Å². The number of nitrogens with zero attached hydrogens (tertiary/aromatic N) is 6. The lowest BCUT2D eigenvalue weighted by Gasteiger charge is -2.28. The van der Waals surface area contributed by atoms with Crippen LogP contribution in [-0.4, -0.2) is 55.1 Å². The van der Waals surface area contributed by atoms with Crippen molar-refractivity contribution in [3.05, 3.63) is 18.7 Å². The summed E-state index contributed by atoms with van der Waals surface area (Å²) in [7, 11) is 0. The van der Waals surface area contributed by atoms with E-state index in [1.54, 1.807) is 24.0 Å². The first-order valence-electron chi connectivity index (χ1n) is 8.56. The number of alkyl halides is 1. The Kier molecular flexibility index (Phi) is 3.16. The van der Waals surface area contributed by atoms with E-state index in [0.717, 1.165) is 35.1 Å². The number of fused-ring (bicyclic) bond motifs is 2. The minimum Gasteiger partial charge on any atom is -0.363 e. The first-order valence-corrected chi connectivity index (χ1v) is 8.56. The molecule has 3 fully saturated rings. The van der Waals surface area contributed by atoms with Gasteiger partial charge in [0.2, 0.25) is 5.95 Å². The second kappa shape index (κ2) is 5.40. The lowest BCUT2D eigenvalue weighted by Crippen LogP contribution is -2.29. The summed E-state index contributed by atoms with van der Waals surface area (Å²) in [4.78, 5) is 11.6. The predicted octanol–water partition coefficient (Wildman–Crippen LogP) is 1.88. The first kappa shape index (κ1) is 14.6. The maximum absolute atomic E-state index is 12.8. The van der Waals surface area contributed by atoms with Gasteiger partial charge in [0.15, 0.2) is 5.65 Å². The van der Waals surface area contributed by atoms with Crippen molar-refractivity contribution in [1.29, 1.82) is 0 Å². The fraction of sp³-hybridized carbons (Fsp3) is 0.500. The summed E-state index contributed by atoms with van der Waals surface area (Å²) in [6.45, 7) is 2.31. The topological polar surface area (TPSA) is 87.0 Å². The van der Waals surface area contributed by atoms with Gasteiger partial charge in [0.1, 0.15) is 24.4 Å². The Morgan fingerprint density at radius 1 is 1.44 bits per heavy atom. The lowest BCUT2D eigenvalue weighted by molar-refractivity contribution is 0.381. The monoisotopic (exact) mass is 342 g/mol. The van der Waals surface area contributed by atoms with Gasteiger partial charge in [0, 0.05) is 24.3 Å². The zero-order valence-corrected chi connectivity index (χ0v) is 13.9. The molecule has 3 aromatic rings. The highest BCUT2D eigenvalue weighted by atomic mass is 19.1. The summed E-state index contributed by atoms with van der Waals surface area (Å²) in [5, 5.41) is 14.3. The molecular weight excluding hydrogens is 323 g/mol. The Hall–Kier alpha value is -2.71. The average Bonchev–Trinajstić information content (AvgIpc) is 3.34. The summed E-state index contributed by atoms with van der Waals surface area (Å²) < 4.78 is 14.5. The molecule has 8 nitrogen and oxygen atoms in total. The normalized spacial score (nSPS) is 23.0. The van der Waals surface area contributed by atoms with Gasteiger partial charge in [-0.3, -0.25) is 5.10 Å². The average molecular weight is 342 g/mol. The summed E-state index contributed by atoms with van der Waals surface area (Å²) in [6.07, 6.45) is 7.71. The third-order valence-electron chi connectivity index (χ3n) is 5.14. The van der Waals surface area contributed by atoms with Crippen LogP contribution in [0.2, 0.25) is 0 Å². The van der Waals surface area contributed by atoms with Crippen LogP contribution in [0.1, 0.15) is 19.8 Å². The van der Waals surface area contributed by atoms with Gasteiger partial charge in [-0.25, -0.2) is 9.37 Å². The molecule has 130 valence electrons. The second-order valence-electron chi connectivity index (χ2n) is 6.98. The van der Waals surface area contributed by atoms with Gasteiger partial charge in [0.05, 0.1) is 12.2 Å². The van der Waals surface area contributed by atoms with Gasteiger partial charge in [-0.1, -0.05) is 0 Å². The van der Waals surface area contributed by atoms with E-state index < -0.39 is 6.67 Å². The molecule has 9 heteroatoms. The number of H-pyrrole nitrogens is 1. The number of halogens is 1. The van der Waals surface area contributed by atoms with Gasteiger partial charge in [0.25, 0.3) is 0 Å². The fourth-order valence-corrected chi connectivity index (χ4v) is 3.83. The van der Waals surface area contributed by atoms with Crippen molar-refractivity contribution >= 4 is 17.3 Å². The molecular formula is C16H19FN8. The first-order chi connectivity index (χ1) is 12.2. The molecule has 2 bridgehead atoms. The van der Waals surface area contributed by atoms with Crippen molar-refractivity contribution in [1.82, 2.24) is 29.8 Å². The van der Waals surface area contributed by atoms with Crippen LogP contribution in [0.15, 0.2) is 18.7 Å². The van der Waals surface area contributed by atoms with Crippen LogP contribution in [0.25, 0.3) is 16.9 Å². The molecule has 0 unspecified atom stereocenters. The Balaban J connectivity index is 1.66. The molecule has 3 aromatic heterocycles. The number of aromatic amines is 1. The zero-order chi connectivity index (χ0) is 17.0. The Labute approximate surface area is 143 Å². The third kappa shape index (κ3) is 2.25. The van der Waals surface area contributed by atoms with E-state index in [1.807, 2.05) is 6.20 Å². The minimum atomic E-state index is -0.475. The number of nitrogens with one attached hydrogen (secondary N) is 2. The van der Waals surface area contributed by atoms with E-state index in [9.17, 15) is 4.39 Å². The van der Waals surface area contributed by atoms with Crippen LogP contribution in [0, 0.1) is 5.92 Å². The number of hydrogen-bond acceptors (Lipinski definition) is 6. The molecule has 25 heavy (non-hydrogen) atoms. The van der Waals surface area contributed by atoms with Gasteiger partial charge in [-0.15, -0.1) is 5.10 Å². The summed E-state index contributed by atoms with van der Waals surface area (Å²) in [6, 6.07) is 0.211. The van der Waals surface area contributed by atoms with Crippen LogP contribution in [-0.2, 0) is 0 Å². The molecule has 3 aliphatic rings. The largest absolute Gasteiger partial charge is 0.363 e.